The second kappa shape index (κ2) is 6.76. The van der Waals surface area contributed by atoms with Gasteiger partial charge >= 0.3 is 0 Å². The first kappa shape index (κ1) is 15.6. The number of rotatable bonds is 5. The molecule has 0 aromatic heterocycles. The Morgan fingerprint density at radius 1 is 1.05 bits per heavy atom. The third-order valence-electron chi connectivity index (χ3n) is 3.14. The molecule has 22 heavy (non-hydrogen) atoms. The van der Waals surface area contributed by atoms with Gasteiger partial charge in [0.2, 0.25) is 5.91 Å². The Balaban J connectivity index is 1.95. The van der Waals surface area contributed by atoms with Gasteiger partial charge in [-0.25, -0.2) is 0 Å². The fourth-order valence-electron chi connectivity index (χ4n) is 1.84. The number of hydrogen-bond acceptors (Lipinski definition) is 3. The van der Waals surface area contributed by atoms with E-state index in [2.05, 4.69) is 5.32 Å². The predicted molar refractivity (Wildman–Crippen MR) is 84.9 cm³/mol. The van der Waals surface area contributed by atoms with E-state index in [0.717, 1.165) is 5.56 Å². The maximum atomic E-state index is 12.1. The first-order chi connectivity index (χ1) is 10.5. The highest BCUT2D eigenvalue weighted by Crippen LogP contribution is 2.15. The second-order valence-electron chi connectivity index (χ2n) is 5.00. The number of benzene rings is 2. The van der Waals surface area contributed by atoms with E-state index in [1.807, 2.05) is 31.2 Å². The maximum Gasteiger partial charge on any atom is 0.265 e. The van der Waals surface area contributed by atoms with Crippen molar-refractivity contribution in [3.05, 3.63) is 59.7 Å². The molecule has 0 aliphatic carbocycles. The van der Waals surface area contributed by atoms with E-state index in [-0.39, 0.29) is 5.91 Å². The average molecular weight is 298 g/mol. The van der Waals surface area contributed by atoms with Crippen molar-refractivity contribution in [2.24, 2.45) is 5.73 Å². The van der Waals surface area contributed by atoms with Gasteiger partial charge in [0.25, 0.3) is 5.91 Å². The van der Waals surface area contributed by atoms with Gasteiger partial charge < -0.3 is 15.8 Å². The molecule has 2 rings (SSSR count). The molecule has 2 amide bonds. The van der Waals surface area contributed by atoms with Crippen LogP contribution in [0.3, 0.4) is 0 Å². The monoisotopic (exact) mass is 298 g/mol. The van der Waals surface area contributed by atoms with E-state index in [4.69, 9.17) is 10.5 Å². The molecule has 0 saturated heterocycles. The number of nitrogens with one attached hydrogen (secondary N) is 1. The molecular weight excluding hydrogens is 280 g/mol. The van der Waals surface area contributed by atoms with Crippen molar-refractivity contribution >= 4 is 17.5 Å². The summed E-state index contributed by atoms with van der Waals surface area (Å²) in [6, 6.07) is 13.8. The Kier molecular flexibility index (Phi) is 4.78. The zero-order valence-electron chi connectivity index (χ0n) is 12.5. The molecule has 0 unspecified atom stereocenters. The molecule has 2 aromatic rings. The number of aryl methyl sites for hydroxylation is 1. The number of nitrogens with two attached hydrogens (primary N) is 1. The van der Waals surface area contributed by atoms with Crippen LogP contribution in [-0.4, -0.2) is 17.9 Å². The van der Waals surface area contributed by atoms with Gasteiger partial charge in [-0.15, -0.1) is 0 Å². The molecular formula is C17H18N2O3. The van der Waals surface area contributed by atoms with Crippen LogP contribution in [0.5, 0.6) is 5.75 Å². The van der Waals surface area contributed by atoms with Crippen LogP contribution in [0.1, 0.15) is 22.8 Å². The van der Waals surface area contributed by atoms with Crippen molar-refractivity contribution in [1.82, 2.24) is 0 Å². The number of anilines is 1. The molecule has 1 atom stereocenters. The first-order valence-corrected chi connectivity index (χ1v) is 6.90. The summed E-state index contributed by atoms with van der Waals surface area (Å²) in [5.41, 5.74) is 7.26. The lowest BCUT2D eigenvalue weighted by atomic mass is 10.2. The number of hydrogen-bond donors (Lipinski definition) is 2. The van der Waals surface area contributed by atoms with Crippen LogP contribution >= 0.6 is 0 Å². The summed E-state index contributed by atoms with van der Waals surface area (Å²) in [6.45, 7) is 3.66. The minimum absolute atomic E-state index is 0.271. The fraction of sp³-hybridized carbons (Fsp3) is 0.176. The largest absolute Gasteiger partial charge is 0.481 e. The molecule has 0 fully saturated rings. The molecule has 0 aliphatic rings. The Morgan fingerprint density at radius 3 is 2.18 bits per heavy atom. The van der Waals surface area contributed by atoms with Gasteiger partial charge in [0, 0.05) is 11.3 Å². The number of primary amides is 1. The lowest BCUT2D eigenvalue weighted by molar-refractivity contribution is -0.122. The predicted octanol–water partition coefficient (Wildman–Crippen LogP) is 2.50. The third-order valence-corrected chi connectivity index (χ3v) is 3.14. The van der Waals surface area contributed by atoms with Crippen LogP contribution in [-0.2, 0) is 4.79 Å². The molecule has 3 N–H and O–H groups in total. The van der Waals surface area contributed by atoms with Gasteiger partial charge in [0.15, 0.2) is 6.10 Å². The third kappa shape index (κ3) is 4.09. The van der Waals surface area contributed by atoms with Crippen molar-refractivity contribution in [2.75, 3.05) is 5.32 Å². The van der Waals surface area contributed by atoms with E-state index in [1.54, 1.807) is 31.2 Å². The van der Waals surface area contributed by atoms with Gasteiger partial charge in [0.1, 0.15) is 5.75 Å². The van der Waals surface area contributed by atoms with Crippen LogP contribution in [0, 0.1) is 6.92 Å². The summed E-state index contributed by atoms with van der Waals surface area (Å²) in [6.07, 6.45) is -0.640. The van der Waals surface area contributed by atoms with Crippen molar-refractivity contribution in [3.63, 3.8) is 0 Å². The normalized spacial score (nSPS) is 11.5. The lowest BCUT2D eigenvalue weighted by Gasteiger charge is -2.15. The molecule has 0 bridgehead atoms. The van der Waals surface area contributed by atoms with Gasteiger partial charge in [-0.2, -0.15) is 0 Å². The summed E-state index contributed by atoms with van der Waals surface area (Å²) in [4.78, 5) is 23.1. The number of carbonyl (C=O) groups is 2. The second-order valence-corrected chi connectivity index (χ2v) is 5.00. The van der Waals surface area contributed by atoms with Crippen molar-refractivity contribution in [2.45, 2.75) is 20.0 Å². The molecule has 0 radical (unpaired) electrons. The highest BCUT2D eigenvalue weighted by Gasteiger charge is 2.15. The van der Waals surface area contributed by atoms with E-state index in [1.165, 1.54) is 0 Å². The van der Waals surface area contributed by atoms with Crippen molar-refractivity contribution < 1.29 is 14.3 Å². The molecule has 5 heteroatoms. The van der Waals surface area contributed by atoms with Crippen LogP contribution < -0.4 is 15.8 Å². The summed E-state index contributed by atoms with van der Waals surface area (Å²) in [7, 11) is 0. The Bertz CT molecular complexity index is 663. The Labute approximate surface area is 129 Å². The molecule has 0 heterocycles. The molecule has 2 aromatic carbocycles. The standard InChI is InChI=1S/C17H18N2O3/c1-11-3-9-15(10-4-11)22-12(2)17(21)19-14-7-5-13(6-8-14)16(18)20/h3-10,12H,1-2H3,(H2,18,20)(H,19,21)/t12-/m1/s1. The molecule has 0 saturated carbocycles. The summed E-state index contributed by atoms with van der Waals surface area (Å²) < 4.78 is 5.58. The van der Waals surface area contributed by atoms with Crippen LogP contribution in [0.4, 0.5) is 5.69 Å². The molecule has 0 spiro atoms. The van der Waals surface area contributed by atoms with Gasteiger partial charge in [-0.1, -0.05) is 17.7 Å². The molecule has 5 nitrogen and oxygen atoms in total. The number of ether oxygens (including phenoxy) is 1. The van der Waals surface area contributed by atoms with Gasteiger partial charge in [-0.3, -0.25) is 9.59 Å². The summed E-state index contributed by atoms with van der Waals surface area (Å²) in [5, 5.41) is 2.72. The van der Waals surface area contributed by atoms with Crippen molar-refractivity contribution in [1.29, 1.82) is 0 Å². The minimum atomic E-state index is -0.640. The van der Waals surface area contributed by atoms with E-state index in [9.17, 15) is 9.59 Å². The first-order valence-electron chi connectivity index (χ1n) is 6.90. The molecule has 0 aliphatic heterocycles. The topological polar surface area (TPSA) is 81.4 Å². The number of amides is 2. The van der Waals surface area contributed by atoms with Crippen LogP contribution in [0.25, 0.3) is 0 Å². The zero-order chi connectivity index (χ0) is 16.1. The lowest BCUT2D eigenvalue weighted by Crippen LogP contribution is -2.30. The average Bonchev–Trinajstić information content (AvgIpc) is 2.50. The zero-order valence-corrected chi connectivity index (χ0v) is 12.5. The quantitative estimate of drug-likeness (QED) is 0.889. The fourth-order valence-corrected chi connectivity index (χ4v) is 1.84. The summed E-state index contributed by atoms with van der Waals surface area (Å²) in [5.74, 6) is -0.140. The Hall–Kier alpha value is -2.82. The van der Waals surface area contributed by atoms with Gasteiger partial charge in [-0.05, 0) is 50.2 Å². The minimum Gasteiger partial charge on any atom is -0.481 e. The Morgan fingerprint density at radius 2 is 1.64 bits per heavy atom. The highest BCUT2D eigenvalue weighted by atomic mass is 16.5. The molecule has 114 valence electrons. The van der Waals surface area contributed by atoms with E-state index < -0.39 is 12.0 Å². The maximum absolute atomic E-state index is 12.1. The summed E-state index contributed by atoms with van der Waals surface area (Å²) >= 11 is 0. The van der Waals surface area contributed by atoms with Crippen LogP contribution in [0.15, 0.2) is 48.5 Å². The SMILES string of the molecule is Cc1ccc(O[C@H](C)C(=O)Nc2ccc(C(N)=O)cc2)cc1. The van der Waals surface area contributed by atoms with Gasteiger partial charge in [0.05, 0.1) is 0 Å². The smallest absolute Gasteiger partial charge is 0.265 e. The number of carbonyl (C=O) groups excluding carboxylic acids is 2. The van der Waals surface area contributed by atoms with E-state index in [0.29, 0.717) is 17.0 Å². The van der Waals surface area contributed by atoms with E-state index >= 15 is 0 Å². The van der Waals surface area contributed by atoms with Crippen LogP contribution in [0.2, 0.25) is 0 Å². The van der Waals surface area contributed by atoms with Crippen molar-refractivity contribution in [3.8, 4) is 5.75 Å². The highest BCUT2D eigenvalue weighted by molar-refractivity contribution is 5.96.